The van der Waals surface area contributed by atoms with Crippen LogP contribution in [0.15, 0.2) is 36.4 Å². The van der Waals surface area contributed by atoms with Crippen LogP contribution in [0.1, 0.15) is 13.3 Å². The molecule has 0 aliphatic heterocycles. The molecule has 0 radical (unpaired) electrons. The average molecular weight is 366 g/mol. The highest BCUT2D eigenvalue weighted by Gasteiger charge is 2.21. The Bertz CT molecular complexity index is 764. The molecular formula is C19H21ClFNO3. The molecule has 4 nitrogen and oxygen atoms in total. The van der Waals surface area contributed by atoms with Crippen molar-refractivity contribution >= 4 is 17.5 Å². The molecule has 25 heavy (non-hydrogen) atoms. The van der Waals surface area contributed by atoms with Crippen LogP contribution in [-0.4, -0.2) is 38.1 Å². The van der Waals surface area contributed by atoms with E-state index in [2.05, 4.69) is 0 Å². The van der Waals surface area contributed by atoms with Gasteiger partial charge in [-0.05, 0) is 48.4 Å². The maximum atomic E-state index is 14.2. The average Bonchev–Trinajstić information content (AvgIpc) is 2.58. The molecule has 2 rings (SSSR count). The zero-order chi connectivity index (χ0) is 18.6. The summed E-state index contributed by atoms with van der Waals surface area (Å²) in [5.41, 5.74) is 0.893. The zero-order valence-electron chi connectivity index (χ0n) is 14.7. The number of halogens is 2. The van der Waals surface area contributed by atoms with Gasteiger partial charge in [-0.15, -0.1) is 0 Å². The molecule has 0 aliphatic carbocycles. The minimum absolute atomic E-state index is 0.142. The van der Waals surface area contributed by atoms with E-state index in [0.29, 0.717) is 34.1 Å². The van der Waals surface area contributed by atoms with E-state index in [0.717, 1.165) is 0 Å². The summed E-state index contributed by atoms with van der Waals surface area (Å²) in [6.07, 6.45) is -0.122. The monoisotopic (exact) mass is 365 g/mol. The molecule has 1 amide bonds. The van der Waals surface area contributed by atoms with Crippen LogP contribution >= 0.6 is 11.6 Å². The van der Waals surface area contributed by atoms with Gasteiger partial charge in [0.1, 0.15) is 17.3 Å². The second kappa shape index (κ2) is 8.21. The third-order valence-corrected chi connectivity index (χ3v) is 3.94. The molecule has 0 saturated carbocycles. The summed E-state index contributed by atoms with van der Waals surface area (Å²) in [6, 6.07) is 9.38. The third kappa shape index (κ3) is 4.63. The molecule has 0 N–H and O–H groups in total. The molecule has 0 saturated heterocycles. The van der Waals surface area contributed by atoms with Gasteiger partial charge in [0, 0.05) is 24.7 Å². The number of benzene rings is 2. The Balaban J connectivity index is 2.39. The molecule has 0 aromatic heterocycles. The fourth-order valence-electron chi connectivity index (χ4n) is 2.40. The van der Waals surface area contributed by atoms with Crippen LogP contribution in [0.5, 0.6) is 11.5 Å². The fourth-order valence-corrected chi connectivity index (χ4v) is 2.62. The SMILES string of the molecule is CCC(Oc1cc(Cl)cc(-c2cc(OC)ccc2F)c1)C(=O)N(C)C. The van der Waals surface area contributed by atoms with E-state index < -0.39 is 11.9 Å². The summed E-state index contributed by atoms with van der Waals surface area (Å²) in [4.78, 5) is 13.6. The molecule has 0 spiro atoms. The molecule has 6 heteroatoms. The molecule has 1 atom stereocenters. The summed E-state index contributed by atoms with van der Waals surface area (Å²) in [5.74, 6) is 0.404. The van der Waals surface area contributed by atoms with E-state index in [1.165, 1.54) is 18.1 Å². The van der Waals surface area contributed by atoms with Gasteiger partial charge in [0.25, 0.3) is 5.91 Å². The molecule has 0 aliphatic rings. The maximum Gasteiger partial charge on any atom is 0.263 e. The smallest absolute Gasteiger partial charge is 0.263 e. The van der Waals surface area contributed by atoms with Crippen molar-refractivity contribution in [2.24, 2.45) is 0 Å². The Labute approximate surface area is 152 Å². The Kier molecular flexibility index (Phi) is 6.26. The van der Waals surface area contributed by atoms with Gasteiger partial charge in [0.15, 0.2) is 6.10 Å². The highest BCUT2D eigenvalue weighted by atomic mass is 35.5. The van der Waals surface area contributed by atoms with Gasteiger partial charge in [-0.2, -0.15) is 0 Å². The molecule has 0 bridgehead atoms. The van der Waals surface area contributed by atoms with Gasteiger partial charge >= 0.3 is 0 Å². The van der Waals surface area contributed by atoms with E-state index in [-0.39, 0.29) is 5.91 Å². The van der Waals surface area contributed by atoms with E-state index in [1.54, 1.807) is 44.4 Å². The first-order valence-electron chi connectivity index (χ1n) is 7.88. The first-order chi connectivity index (χ1) is 11.8. The van der Waals surface area contributed by atoms with Gasteiger partial charge in [-0.3, -0.25) is 4.79 Å². The largest absolute Gasteiger partial charge is 0.497 e. The summed E-state index contributed by atoms with van der Waals surface area (Å²) in [7, 11) is 4.86. The number of ether oxygens (including phenoxy) is 2. The van der Waals surface area contributed by atoms with Crippen LogP contribution in [0, 0.1) is 5.82 Å². The Morgan fingerprint density at radius 3 is 2.52 bits per heavy atom. The number of amides is 1. The first kappa shape index (κ1) is 19.1. The van der Waals surface area contributed by atoms with Crippen molar-refractivity contribution in [1.82, 2.24) is 4.90 Å². The third-order valence-electron chi connectivity index (χ3n) is 3.72. The molecule has 0 fully saturated rings. The van der Waals surface area contributed by atoms with Crippen molar-refractivity contribution in [1.29, 1.82) is 0 Å². The van der Waals surface area contributed by atoms with Gasteiger partial charge in [-0.25, -0.2) is 4.39 Å². The summed E-state index contributed by atoms with van der Waals surface area (Å²) >= 11 is 6.17. The second-order valence-corrected chi connectivity index (χ2v) is 6.21. The van der Waals surface area contributed by atoms with Crippen molar-refractivity contribution in [2.75, 3.05) is 21.2 Å². The molecule has 2 aromatic rings. The predicted octanol–water partition coefficient (Wildman–Crippen LogP) is 4.40. The lowest BCUT2D eigenvalue weighted by atomic mass is 10.0. The van der Waals surface area contributed by atoms with Crippen LogP contribution in [0.2, 0.25) is 5.02 Å². The van der Waals surface area contributed by atoms with Crippen LogP contribution < -0.4 is 9.47 Å². The van der Waals surface area contributed by atoms with E-state index in [9.17, 15) is 9.18 Å². The molecule has 1 unspecified atom stereocenters. The van der Waals surface area contributed by atoms with Gasteiger partial charge in [0.2, 0.25) is 0 Å². The number of hydrogen-bond acceptors (Lipinski definition) is 3. The lowest BCUT2D eigenvalue weighted by Gasteiger charge is -2.21. The summed E-state index contributed by atoms with van der Waals surface area (Å²) in [6.45, 7) is 1.86. The normalized spacial score (nSPS) is 11.8. The van der Waals surface area contributed by atoms with Crippen LogP contribution in [0.4, 0.5) is 4.39 Å². The minimum Gasteiger partial charge on any atom is -0.497 e. The fraction of sp³-hybridized carbons (Fsp3) is 0.316. The minimum atomic E-state index is -0.628. The lowest BCUT2D eigenvalue weighted by Crippen LogP contribution is -2.37. The number of carbonyl (C=O) groups is 1. The second-order valence-electron chi connectivity index (χ2n) is 5.77. The van der Waals surface area contributed by atoms with Crippen LogP contribution in [0.3, 0.4) is 0 Å². The number of rotatable bonds is 6. The predicted molar refractivity (Wildman–Crippen MR) is 96.8 cm³/mol. The van der Waals surface area contributed by atoms with Crippen molar-refractivity contribution in [3.05, 3.63) is 47.2 Å². The highest BCUT2D eigenvalue weighted by Crippen LogP contribution is 2.33. The standard InChI is InChI=1S/C19H21ClFNO3/c1-5-18(19(23)22(2)3)25-15-9-12(8-13(20)10-15)16-11-14(24-4)6-7-17(16)21/h6-11,18H,5H2,1-4H3. The van der Waals surface area contributed by atoms with Crippen molar-refractivity contribution in [3.63, 3.8) is 0 Å². The molecular weight excluding hydrogens is 345 g/mol. The van der Waals surface area contributed by atoms with E-state index >= 15 is 0 Å². The van der Waals surface area contributed by atoms with Gasteiger partial charge < -0.3 is 14.4 Å². The summed E-state index contributed by atoms with van der Waals surface area (Å²) < 4.78 is 25.2. The highest BCUT2D eigenvalue weighted by molar-refractivity contribution is 6.31. The first-order valence-corrected chi connectivity index (χ1v) is 8.25. The Morgan fingerprint density at radius 1 is 1.20 bits per heavy atom. The lowest BCUT2D eigenvalue weighted by molar-refractivity contribution is -0.136. The van der Waals surface area contributed by atoms with Crippen LogP contribution in [0.25, 0.3) is 11.1 Å². The zero-order valence-corrected chi connectivity index (χ0v) is 15.4. The number of nitrogens with zero attached hydrogens (tertiary/aromatic N) is 1. The maximum absolute atomic E-state index is 14.2. The van der Waals surface area contributed by atoms with E-state index in [1.807, 2.05) is 6.92 Å². The summed E-state index contributed by atoms with van der Waals surface area (Å²) in [5, 5.41) is 0.391. The number of methoxy groups -OCH3 is 1. The van der Waals surface area contributed by atoms with E-state index in [4.69, 9.17) is 21.1 Å². The molecule has 0 heterocycles. The van der Waals surface area contributed by atoms with Gasteiger partial charge in [0.05, 0.1) is 7.11 Å². The van der Waals surface area contributed by atoms with Crippen LogP contribution in [-0.2, 0) is 4.79 Å². The quantitative estimate of drug-likeness (QED) is 0.761. The molecule has 134 valence electrons. The molecule has 2 aromatic carbocycles. The number of carbonyl (C=O) groups excluding carboxylic acids is 1. The van der Waals surface area contributed by atoms with Gasteiger partial charge in [-0.1, -0.05) is 18.5 Å². The number of likely N-dealkylation sites (N-methyl/N-ethyl adjacent to an activating group) is 1. The Morgan fingerprint density at radius 2 is 1.92 bits per heavy atom. The Hall–Kier alpha value is -2.27. The van der Waals surface area contributed by atoms with Crippen molar-refractivity contribution in [2.45, 2.75) is 19.4 Å². The topological polar surface area (TPSA) is 38.8 Å². The van der Waals surface area contributed by atoms with Crippen molar-refractivity contribution < 1.29 is 18.7 Å². The number of hydrogen-bond donors (Lipinski definition) is 0. The van der Waals surface area contributed by atoms with Crippen molar-refractivity contribution in [3.8, 4) is 22.6 Å².